The first-order valence-electron chi connectivity index (χ1n) is 9.56. The molecule has 1 saturated heterocycles. The summed E-state index contributed by atoms with van der Waals surface area (Å²) < 4.78 is 7.79. The predicted octanol–water partition coefficient (Wildman–Crippen LogP) is 2.00. The van der Waals surface area contributed by atoms with Gasteiger partial charge in [0.25, 0.3) is 5.56 Å². The number of hydrogen-bond acceptors (Lipinski definition) is 8. The Kier molecular flexibility index (Phi) is 5.73. The van der Waals surface area contributed by atoms with E-state index in [2.05, 4.69) is 0 Å². The molecule has 1 aliphatic heterocycles. The molecule has 4 rings (SSSR count). The van der Waals surface area contributed by atoms with Gasteiger partial charge < -0.3 is 15.4 Å². The number of para-hydroxylation sites is 1. The first-order chi connectivity index (χ1) is 14.8. The van der Waals surface area contributed by atoms with Gasteiger partial charge in [0.15, 0.2) is 5.17 Å². The Morgan fingerprint density at radius 2 is 1.94 bits per heavy atom. The molecule has 0 aliphatic carbocycles. The fraction of sp³-hybridized carbons (Fsp3) is 0.300. The number of rotatable bonds is 4. The Balaban J connectivity index is 1.97. The van der Waals surface area contributed by atoms with Crippen molar-refractivity contribution in [3.05, 3.63) is 56.7 Å². The van der Waals surface area contributed by atoms with Crippen LogP contribution in [0.4, 0.5) is 10.7 Å². The normalized spacial score (nSPS) is 17.6. The van der Waals surface area contributed by atoms with Crippen LogP contribution in [0.1, 0.15) is 17.3 Å². The number of aromatic nitrogens is 2. The van der Waals surface area contributed by atoms with E-state index in [9.17, 15) is 14.4 Å². The third-order valence-electron chi connectivity index (χ3n) is 4.90. The molecule has 1 fully saturated rings. The van der Waals surface area contributed by atoms with E-state index in [0.717, 1.165) is 21.6 Å². The van der Waals surface area contributed by atoms with Crippen molar-refractivity contribution in [2.45, 2.75) is 13.1 Å². The minimum atomic E-state index is -0.630. The van der Waals surface area contributed by atoms with E-state index in [1.807, 2.05) is 35.2 Å². The number of thioether (sulfide) groups is 1. The molecule has 3 heterocycles. The Labute approximate surface area is 185 Å². The molecule has 1 unspecified atom stereocenters. The summed E-state index contributed by atoms with van der Waals surface area (Å²) >= 11 is 2.53. The van der Waals surface area contributed by atoms with Crippen molar-refractivity contribution in [2.75, 3.05) is 17.3 Å². The fourth-order valence-corrected chi connectivity index (χ4v) is 5.64. The summed E-state index contributed by atoms with van der Waals surface area (Å²) in [4.78, 5) is 44.7. The highest BCUT2D eigenvalue weighted by Crippen LogP contribution is 2.39. The zero-order valence-corrected chi connectivity index (χ0v) is 18.8. The van der Waals surface area contributed by atoms with E-state index >= 15 is 0 Å². The predicted molar refractivity (Wildman–Crippen MR) is 125 cm³/mol. The molecule has 0 saturated carbocycles. The molecule has 0 amide bonds. The molecular weight excluding hydrogens is 438 g/mol. The van der Waals surface area contributed by atoms with Crippen LogP contribution in [0.15, 0.2) is 44.9 Å². The average molecular weight is 460 g/mol. The maximum absolute atomic E-state index is 12.8. The quantitative estimate of drug-likeness (QED) is 0.594. The second-order valence-corrected chi connectivity index (χ2v) is 8.85. The summed E-state index contributed by atoms with van der Waals surface area (Å²) in [5.41, 5.74) is 6.52. The van der Waals surface area contributed by atoms with Gasteiger partial charge in [-0.15, -0.1) is 11.3 Å². The number of thiophene rings is 1. The van der Waals surface area contributed by atoms with Crippen LogP contribution in [0.5, 0.6) is 0 Å². The molecule has 2 aromatic heterocycles. The second-order valence-electron chi connectivity index (χ2n) is 6.86. The number of benzene rings is 1. The number of esters is 1. The van der Waals surface area contributed by atoms with E-state index in [0.29, 0.717) is 15.9 Å². The summed E-state index contributed by atoms with van der Waals surface area (Å²) in [5.74, 6) is -0.0110. The van der Waals surface area contributed by atoms with Gasteiger partial charge in [-0.3, -0.25) is 13.9 Å². The van der Waals surface area contributed by atoms with E-state index in [-0.39, 0.29) is 28.6 Å². The van der Waals surface area contributed by atoms with Gasteiger partial charge in [-0.25, -0.2) is 14.6 Å². The summed E-state index contributed by atoms with van der Waals surface area (Å²) in [6.07, 6.45) is -0.288. The average Bonchev–Trinajstić information content (AvgIpc) is 3.32. The third kappa shape index (κ3) is 3.58. The highest BCUT2D eigenvalue weighted by molar-refractivity contribution is 8.14. The number of fused-ring (bicyclic) bond motifs is 1. The monoisotopic (exact) mass is 459 g/mol. The van der Waals surface area contributed by atoms with Crippen molar-refractivity contribution in [1.82, 2.24) is 9.13 Å². The molecular formula is C20H21N5O4S2. The standard InChI is InChI=1S/C20H21N5O4S2/c1-4-29-18(27)13-14-15(17(26)24(3)20(28)23(14)2)31-16(13)22-19-25(12(21)10-30-19)11-8-6-5-7-9-11/h5-9,12H,4,10,21H2,1-3H3/b22-19-. The zero-order valence-electron chi connectivity index (χ0n) is 17.2. The highest BCUT2D eigenvalue weighted by Gasteiger charge is 2.31. The molecule has 3 aromatic rings. The molecule has 1 aromatic carbocycles. The topological polar surface area (TPSA) is 112 Å². The van der Waals surface area contributed by atoms with E-state index in [4.69, 9.17) is 15.5 Å². The van der Waals surface area contributed by atoms with Gasteiger partial charge in [-0.2, -0.15) is 0 Å². The molecule has 1 atom stereocenters. The number of carbonyl (C=O) groups is 1. The van der Waals surface area contributed by atoms with Crippen molar-refractivity contribution >= 4 is 55.1 Å². The van der Waals surface area contributed by atoms with Gasteiger partial charge in [0.2, 0.25) is 0 Å². The lowest BCUT2D eigenvalue weighted by Gasteiger charge is -2.22. The van der Waals surface area contributed by atoms with Crippen LogP contribution >= 0.6 is 23.1 Å². The van der Waals surface area contributed by atoms with E-state index in [1.165, 1.54) is 30.4 Å². The Hall–Kier alpha value is -2.89. The Morgan fingerprint density at radius 3 is 2.61 bits per heavy atom. The van der Waals surface area contributed by atoms with Gasteiger partial charge in [-0.05, 0) is 19.1 Å². The van der Waals surface area contributed by atoms with Gasteiger partial charge >= 0.3 is 11.7 Å². The lowest BCUT2D eigenvalue weighted by Crippen LogP contribution is -2.40. The second kappa shape index (κ2) is 8.33. The van der Waals surface area contributed by atoms with E-state index in [1.54, 1.807) is 6.92 Å². The van der Waals surface area contributed by atoms with Gasteiger partial charge in [0.05, 0.1) is 18.3 Å². The van der Waals surface area contributed by atoms with Crippen LogP contribution in [-0.4, -0.2) is 38.8 Å². The van der Waals surface area contributed by atoms with Crippen LogP contribution in [0.3, 0.4) is 0 Å². The van der Waals surface area contributed by atoms with Crippen LogP contribution in [-0.2, 0) is 18.8 Å². The minimum absolute atomic E-state index is 0.112. The van der Waals surface area contributed by atoms with Crippen LogP contribution < -0.4 is 21.9 Å². The molecule has 11 heteroatoms. The first-order valence-corrected chi connectivity index (χ1v) is 11.4. The van der Waals surface area contributed by atoms with Crippen LogP contribution in [0, 0.1) is 0 Å². The lowest BCUT2D eigenvalue weighted by atomic mass is 10.2. The number of aliphatic imine (C=N–C) groups is 1. The number of carbonyl (C=O) groups excluding carboxylic acids is 1. The third-order valence-corrected chi connectivity index (χ3v) is 7.02. The number of aryl methyl sites for hydroxylation is 1. The Bertz CT molecular complexity index is 1310. The van der Waals surface area contributed by atoms with Crippen molar-refractivity contribution < 1.29 is 9.53 Å². The van der Waals surface area contributed by atoms with Gasteiger partial charge in [0, 0.05) is 25.5 Å². The summed E-state index contributed by atoms with van der Waals surface area (Å²) in [7, 11) is 2.93. The number of nitrogens with two attached hydrogens (primary N) is 1. The molecule has 162 valence electrons. The van der Waals surface area contributed by atoms with Gasteiger partial charge in [0.1, 0.15) is 15.3 Å². The fourth-order valence-electron chi connectivity index (χ4n) is 3.41. The molecule has 0 spiro atoms. The molecule has 0 bridgehead atoms. The highest BCUT2D eigenvalue weighted by atomic mass is 32.2. The van der Waals surface area contributed by atoms with Crippen molar-refractivity contribution in [1.29, 1.82) is 0 Å². The van der Waals surface area contributed by atoms with Crippen molar-refractivity contribution in [3.63, 3.8) is 0 Å². The van der Waals surface area contributed by atoms with Crippen molar-refractivity contribution in [3.8, 4) is 0 Å². The van der Waals surface area contributed by atoms with Crippen molar-refractivity contribution in [2.24, 2.45) is 24.8 Å². The van der Waals surface area contributed by atoms with Gasteiger partial charge in [-0.1, -0.05) is 30.0 Å². The number of ether oxygens (including phenoxy) is 1. The molecule has 1 aliphatic rings. The number of hydrogen-bond donors (Lipinski definition) is 1. The van der Waals surface area contributed by atoms with Crippen LogP contribution in [0.2, 0.25) is 0 Å². The number of anilines is 1. The molecule has 31 heavy (non-hydrogen) atoms. The van der Waals surface area contributed by atoms with Crippen LogP contribution in [0.25, 0.3) is 10.2 Å². The maximum atomic E-state index is 12.8. The number of nitrogens with zero attached hydrogens (tertiary/aromatic N) is 4. The zero-order chi connectivity index (χ0) is 22.3. The summed E-state index contributed by atoms with van der Waals surface area (Å²) in [5, 5.41) is 0.918. The maximum Gasteiger partial charge on any atom is 0.343 e. The number of amidine groups is 1. The minimum Gasteiger partial charge on any atom is -0.462 e. The Morgan fingerprint density at radius 1 is 1.23 bits per heavy atom. The smallest absolute Gasteiger partial charge is 0.343 e. The molecule has 0 radical (unpaired) electrons. The van der Waals surface area contributed by atoms with E-state index < -0.39 is 17.2 Å². The summed E-state index contributed by atoms with van der Waals surface area (Å²) in [6, 6.07) is 9.59. The summed E-state index contributed by atoms with van der Waals surface area (Å²) in [6.45, 7) is 1.85. The molecule has 9 nitrogen and oxygen atoms in total. The first kappa shape index (κ1) is 21.3. The SMILES string of the molecule is CCOC(=O)c1c(/N=C2\SCC(N)N2c2ccccc2)sc2c(=O)n(C)c(=O)n(C)c12. The molecule has 2 N–H and O–H groups in total. The lowest BCUT2D eigenvalue weighted by molar-refractivity contribution is 0.0529. The largest absolute Gasteiger partial charge is 0.462 e.